The van der Waals surface area contributed by atoms with Crippen LogP contribution in [-0.4, -0.2) is 45.4 Å². The minimum absolute atomic E-state index is 0.0510. The van der Waals surface area contributed by atoms with Gasteiger partial charge in [-0.2, -0.15) is 0 Å². The Balaban J connectivity index is 1.43. The van der Waals surface area contributed by atoms with Crippen LogP contribution < -0.4 is 4.90 Å². The average molecular weight is 387 g/mol. The minimum atomic E-state index is -0.0510. The van der Waals surface area contributed by atoms with Crippen molar-refractivity contribution in [3.63, 3.8) is 0 Å². The van der Waals surface area contributed by atoms with Crippen molar-refractivity contribution in [2.45, 2.75) is 32.2 Å². The number of hydrogen-bond acceptors (Lipinski definition) is 4. The third-order valence-electron chi connectivity index (χ3n) is 6.02. The van der Waals surface area contributed by atoms with Crippen molar-refractivity contribution in [2.75, 3.05) is 24.5 Å². The zero-order valence-corrected chi connectivity index (χ0v) is 16.6. The zero-order chi connectivity index (χ0) is 19.8. The highest BCUT2D eigenvalue weighted by Gasteiger charge is 2.34. The number of rotatable bonds is 3. The summed E-state index contributed by atoms with van der Waals surface area (Å²) >= 11 is 0. The molecule has 1 aromatic carbocycles. The maximum atomic E-state index is 13.4. The molecular weight excluding hydrogens is 362 g/mol. The van der Waals surface area contributed by atoms with Gasteiger partial charge in [0.15, 0.2) is 0 Å². The molecule has 5 rings (SSSR count). The highest BCUT2D eigenvalue weighted by Crippen LogP contribution is 2.34. The van der Waals surface area contributed by atoms with E-state index in [0.29, 0.717) is 6.54 Å². The van der Waals surface area contributed by atoms with Gasteiger partial charge in [0.25, 0.3) is 0 Å². The van der Waals surface area contributed by atoms with Crippen LogP contribution in [0.25, 0.3) is 0 Å². The van der Waals surface area contributed by atoms with E-state index < -0.39 is 0 Å². The molecule has 2 aliphatic heterocycles. The van der Waals surface area contributed by atoms with Gasteiger partial charge >= 0.3 is 0 Å². The van der Waals surface area contributed by atoms with Crippen LogP contribution in [0.3, 0.4) is 0 Å². The fourth-order valence-corrected chi connectivity index (χ4v) is 4.65. The summed E-state index contributed by atoms with van der Waals surface area (Å²) < 4.78 is 0. The fourth-order valence-electron chi connectivity index (χ4n) is 4.65. The molecule has 3 aromatic rings. The second-order valence-electron chi connectivity index (χ2n) is 7.96. The summed E-state index contributed by atoms with van der Waals surface area (Å²) in [6.07, 6.45) is 8.33. The summed E-state index contributed by atoms with van der Waals surface area (Å²) in [6.45, 7) is 4.08. The maximum absolute atomic E-state index is 13.4. The lowest BCUT2D eigenvalue weighted by atomic mass is 9.96. The van der Waals surface area contributed by atoms with Crippen molar-refractivity contribution in [3.8, 4) is 0 Å². The largest absolute Gasteiger partial charge is 0.348 e. The first-order chi connectivity index (χ1) is 14.2. The number of imidazole rings is 1. The van der Waals surface area contributed by atoms with E-state index in [0.717, 1.165) is 55.0 Å². The third kappa shape index (κ3) is 3.34. The Morgan fingerprint density at radius 2 is 2.17 bits per heavy atom. The lowest BCUT2D eigenvalue weighted by Gasteiger charge is -2.37. The number of pyridine rings is 1. The molecule has 0 radical (unpaired) electrons. The molecule has 0 saturated carbocycles. The number of aromatic amines is 1. The molecule has 0 saturated heterocycles. The number of nitrogens with one attached hydrogen (secondary N) is 1. The number of carbonyl (C=O) groups excluding carboxylic acids is 1. The molecule has 6 nitrogen and oxygen atoms in total. The number of amides is 1. The van der Waals surface area contributed by atoms with Gasteiger partial charge < -0.3 is 9.88 Å². The Bertz CT molecular complexity index is 1030. The highest BCUT2D eigenvalue weighted by atomic mass is 16.2. The van der Waals surface area contributed by atoms with Crippen LogP contribution in [0, 0.1) is 6.92 Å². The molecule has 4 heterocycles. The summed E-state index contributed by atoms with van der Waals surface area (Å²) in [7, 11) is 0. The lowest BCUT2D eigenvalue weighted by Crippen LogP contribution is -2.46. The minimum Gasteiger partial charge on any atom is -0.348 e. The number of H-pyrrole nitrogens is 1. The van der Waals surface area contributed by atoms with E-state index in [4.69, 9.17) is 0 Å². The normalized spacial score (nSPS) is 18.9. The monoisotopic (exact) mass is 387 g/mol. The zero-order valence-electron chi connectivity index (χ0n) is 16.6. The summed E-state index contributed by atoms with van der Waals surface area (Å²) in [5, 5.41) is 0. The predicted molar refractivity (Wildman–Crippen MR) is 112 cm³/mol. The first-order valence-corrected chi connectivity index (χ1v) is 10.3. The van der Waals surface area contributed by atoms with Gasteiger partial charge in [-0.3, -0.25) is 14.7 Å². The number of aryl methyl sites for hydroxylation is 2. The summed E-state index contributed by atoms with van der Waals surface area (Å²) in [6, 6.07) is 10.4. The molecule has 0 spiro atoms. The molecule has 0 bridgehead atoms. The van der Waals surface area contributed by atoms with Crippen LogP contribution in [0.15, 0.2) is 49.1 Å². The van der Waals surface area contributed by atoms with Crippen LogP contribution in [0.1, 0.15) is 40.5 Å². The van der Waals surface area contributed by atoms with Crippen LogP contribution in [0.5, 0.6) is 0 Å². The number of aromatic nitrogens is 3. The van der Waals surface area contributed by atoms with Gasteiger partial charge in [-0.25, -0.2) is 4.98 Å². The van der Waals surface area contributed by atoms with Gasteiger partial charge in [-0.15, -0.1) is 0 Å². The highest BCUT2D eigenvalue weighted by molar-refractivity contribution is 5.96. The number of hydrogen-bond donors (Lipinski definition) is 1. The van der Waals surface area contributed by atoms with Crippen molar-refractivity contribution in [3.05, 3.63) is 77.1 Å². The Morgan fingerprint density at radius 1 is 1.24 bits per heavy atom. The van der Waals surface area contributed by atoms with Crippen LogP contribution in [0.4, 0.5) is 5.69 Å². The first-order valence-electron chi connectivity index (χ1n) is 10.3. The Kier molecular flexibility index (Phi) is 4.64. The van der Waals surface area contributed by atoms with Gasteiger partial charge in [-0.1, -0.05) is 23.8 Å². The van der Waals surface area contributed by atoms with E-state index in [1.807, 2.05) is 17.2 Å². The van der Waals surface area contributed by atoms with Gasteiger partial charge in [0, 0.05) is 43.3 Å². The van der Waals surface area contributed by atoms with E-state index in [-0.39, 0.29) is 11.9 Å². The molecule has 1 atom stereocenters. The van der Waals surface area contributed by atoms with E-state index in [2.05, 4.69) is 51.0 Å². The number of nitrogens with zero attached hydrogens (tertiary/aromatic N) is 4. The van der Waals surface area contributed by atoms with Crippen LogP contribution >= 0.6 is 0 Å². The lowest BCUT2D eigenvalue weighted by molar-refractivity contribution is -0.120. The van der Waals surface area contributed by atoms with Crippen molar-refractivity contribution in [1.82, 2.24) is 19.9 Å². The second-order valence-corrected chi connectivity index (χ2v) is 7.96. The number of benzene rings is 1. The van der Waals surface area contributed by atoms with Crippen molar-refractivity contribution in [2.24, 2.45) is 0 Å². The standard InChI is InChI=1S/C23H25N5O/c1-16-6-7-20-17(12-16)5-3-10-28(20)21(29)14-27-11-8-19-22(26-15-25-19)23(27)18-4-2-9-24-13-18/h2,4,6-7,9,12-13,15,23H,3,5,8,10-11,14H2,1H3,(H,25,26). The molecule has 2 aliphatic rings. The van der Waals surface area contributed by atoms with Crippen molar-refractivity contribution in [1.29, 1.82) is 0 Å². The molecular formula is C23H25N5O. The molecule has 29 heavy (non-hydrogen) atoms. The fraction of sp³-hybridized carbons (Fsp3) is 0.348. The predicted octanol–water partition coefficient (Wildman–Crippen LogP) is 3.04. The molecule has 0 fully saturated rings. The number of carbonyl (C=O) groups is 1. The second kappa shape index (κ2) is 7.44. The molecule has 1 unspecified atom stereocenters. The number of fused-ring (bicyclic) bond motifs is 2. The Hall–Kier alpha value is -2.99. The van der Waals surface area contributed by atoms with Gasteiger partial charge in [-0.05, 0) is 43.0 Å². The summed E-state index contributed by atoms with van der Waals surface area (Å²) in [5.41, 5.74) is 6.83. The van der Waals surface area contributed by atoms with Crippen molar-refractivity contribution >= 4 is 11.6 Å². The summed E-state index contributed by atoms with van der Waals surface area (Å²) in [5.74, 6) is 0.155. The SMILES string of the molecule is Cc1ccc2c(c1)CCCN2C(=O)CN1CCc2[nH]cnc2C1c1cccnc1. The molecule has 1 amide bonds. The first kappa shape index (κ1) is 18.1. The topological polar surface area (TPSA) is 65.1 Å². The van der Waals surface area contributed by atoms with E-state index >= 15 is 0 Å². The van der Waals surface area contributed by atoms with E-state index in [1.165, 1.54) is 11.1 Å². The molecule has 6 heteroatoms. The molecule has 1 N–H and O–H groups in total. The van der Waals surface area contributed by atoms with Crippen LogP contribution in [-0.2, 0) is 17.6 Å². The molecule has 2 aromatic heterocycles. The molecule has 0 aliphatic carbocycles. The average Bonchev–Trinajstić information content (AvgIpc) is 3.22. The molecule has 148 valence electrons. The van der Waals surface area contributed by atoms with E-state index in [9.17, 15) is 4.79 Å². The third-order valence-corrected chi connectivity index (χ3v) is 6.02. The van der Waals surface area contributed by atoms with Gasteiger partial charge in [0.05, 0.1) is 24.6 Å². The van der Waals surface area contributed by atoms with E-state index in [1.54, 1.807) is 12.5 Å². The number of anilines is 1. The maximum Gasteiger partial charge on any atom is 0.241 e. The van der Waals surface area contributed by atoms with Crippen molar-refractivity contribution < 1.29 is 4.79 Å². The Labute approximate surface area is 170 Å². The van der Waals surface area contributed by atoms with Gasteiger partial charge in [0.2, 0.25) is 5.91 Å². The Morgan fingerprint density at radius 3 is 3.03 bits per heavy atom. The quantitative estimate of drug-likeness (QED) is 0.750. The summed E-state index contributed by atoms with van der Waals surface area (Å²) in [4.78, 5) is 29.7. The van der Waals surface area contributed by atoms with Gasteiger partial charge in [0.1, 0.15) is 0 Å². The smallest absolute Gasteiger partial charge is 0.241 e. The van der Waals surface area contributed by atoms with Crippen LogP contribution in [0.2, 0.25) is 0 Å².